The second-order valence-electron chi connectivity index (χ2n) is 11.8. The Morgan fingerprint density at radius 1 is 0.633 bits per heavy atom. The van der Waals surface area contributed by atoms with Crippen molar-refractivity contribution in [2.75, 3.05) is 0 Å². The van der Waals surface area contributed by atoms with E-state index < -0.39 is 21.7 Å². The molecule has 2 heterocycles. The lowest BCUT2D eigenvalue weighted by Crippen LogP contribution is -2.14. The van der Waals surface area contributed by atoms with E-state index in [0.717, 1.165) is 37.6 Å². The fourth-order valence-electron chi connectivity index (χ4n) is 6.92. The van der Waals surface area contributed by atoms with Crippen LogP contribution in [0.25, 0.3) is 43.6 Å². The van der Waals surface area contributed by atoms with Crippen LogP contribution >= 0.6 is 15.9 Å². The van der Waals surface area contributed by atoms with Gasteiger partial charge in [0.15, 0.2) is 0 Å². The molecule has 0 fully saturated rings. The number of hydrogen-bond acceptors (Lipinski definition) is 5. The molecule has 49 heavy (non-hydrogen) atoms. The van der Waals surface area contributed by atoms with Gasteiger partial charge < -0.3 is 13.2 Å². The molecule has 0 atom stereocenters. The Morgan fingerprint density at radius 2 is 1.18 bits per heavy atom. The summed E-state index contributed by atoms with van der Waals surface area (Å²) in [5, 5.41) is 2.88. The summed E-state index contributed by atoms with van der Waals surface area (Å²) in [6, 6.07) is 45.5. The number of fused-ring (bicyclic) bond motifs is 3. The van der Waals surface area contributed by atoms with Gasteiger partial charge in [-0.15, -0.1) is 0 Å². The van der Waals surface area contributed by atoms with Crippen LogP contribution in [0, 0.1) is 0 Å². The summed E-state index contributed by atoms with van der Waals surface area (Å²) >= 11 is 3.79. The van der Waals surface area contributed by atoms with Crippen LogP contribution in [0.5, 0.6) is 5.95 Å². The van der Waals surface area contributed by atoms with Gasteiger partial charge in [0.1, 0.15) is 4.90 Å². The van der Waals surface area contributed by atoms with E-state index in [1.54, 1.807) is 36.4 Å². The maximum Gasteiger partial charge on any atom is 0.346 e. The molecule has 6 nitrogen and oxygen atoms in total. The zero-order valence-electron chi connectivity index (χ0n) is 26.2. The number of halogens is 1. The van der Waals surface area contributed by atoms with Crippen LogP contribution in [-0.4, -0.2) is 13.0 Å². The van der Waals surface area contributed by atoms with E-state index in [1.807, 2.05) is 85.9 Å². The van der Waals surface area contributed by atoms with E-state index in [0.29, 0.717) is 27.3 Å². The summed E-state index contributed by atoms with van der Waals surface area (Å²) in [4.78, 5) is 13.5. The molecule has 0 aliphatic rings. The molecule has 0 aliphatic heterocycles. The van der Waals surface area contributed by atoms with Crippen molar-refractivity contribution in [3.8, 4) is 17.1 Å². The van der Waals surface area contributed by atoms with Gasteiger partial charge in [-0.05, 0) is 50.6 Å². The van der Waals surface area contributed by atoms with Crippen LogP contribution in [0.1, 0.15) is 22.7 Å². The average Bonchev–Trinajstić information content (AvgIpc) is 3.41. The molecule has 8 rings (SSSR count). The van der Waals surface area contributed by atoms with Crippen molar-refractivity contribution in [2.45, 2.75) is 10.8 Å². The third kappa shape index (κ3) is 5.24. The predicted molar refractivity (Wildman–Crippen MR) is 198 cm³/mol. The topological polar surface area (TPSA) is 78.5 Å². The quantitative estimate of drug-likeness (QED) is 0.153. The van der Waals surface area contributed by atoms with Crippen molar-refractivity contribution in [2.24, 2.45) is 7.05 Å². The first-order valence-electron chi connectivity index (χ1n) is 15.7. The highest BCUT2D eigenvalue weighted by Crippen LogP contribution is 2.49. The Bertz CT molecular complexity index is 2660. The molecule has 0 saturated heterocycles. The average molecular weight is 727 g/mol. The van der Waals surface area contributed by atoms with E-state index >= 15 is 0 Å². The van der Waals surface area contributed by atoms with Gasteiger partial charge in [0, 0.05) is 44.9 Å². The molecule has 2 aromatic heterocycles. The molecule has 8 heteroatoms. The number of aromatic nitrogens is 1. The molecule has 240 valence electrons. The fraction of sp³-hybridized carbons (Fsp3) is 0.0488. The Morgan fingerprint density at radius 3 is 1.88 bits per heavy atom. The lowest BCUT2D eigenvalue weighted by Gasteiger charge is -2.23. The lowest BCUT2D eigenvalue weighted by atomic mass is 9.84. The summed E-state index contributed by atoms with van der Waals surface area (Å²) < 4.78 is 43.3. The zero-order chi connectivity index (χ0) is 33.7. The Labute approximate surface area is 291 Å². The SMILES string of the molecule is Cn1c(C(c2ccccc2)c2ccccc2)c(-c2c(OS(=O)(=O)c3cccc4ccccc34)oc(=O)c3ccccc23)c2cccc(Br)c21. The third-order valence-corrected chi connectivity index (χ3v) is 10.9. The van der Waals surface area contributed by atoms with Gasteiger partial charge in [0.25, 0.3) is 0 Å². The van der Waals surface area contributed by atoms with Crippen LogP contribution < -0.4 is 9.81 Å². The molecule has 0 unspecified atom stereocenters. The molecule has 6 aromatic carbocycles. The Hall–Kier alpha value is -5.44. The largest absolute Gasteiger partial charge is 0.388 e. The predicted octanol–water partition coefficient (Wildman–Crippen LogP) is 9.82. The number of nitrogens with zero attached hydrogens (tertiary/aromatic N) is 1. The second kappa shape index (κ2) is 12.2. The highest BCUT2D eigenvalue weighted by molar-refractivity contribution is 9.10. The minimum atomic E-state index is -4.50. The summed E-state index contributed by atoms with van der Waals surface area (Å²) in [5.74, 6) is -0.694. The van der Waals surface area contributed by atoms with E-state index in [9.17, 15) is 13.2 Å². The fourth-order valence-corrected chi connectivity index (χ4v) is 8.66. The Kier molecular flexibility index (Phi) is 7.70. The summed E-state index contributed by atoms with van der Waals surface area (Å²) in [5.41, 5.74) is 4.18. The molecular formula is C41H28BrNO5S. The minimum Gasteiger partial charge on any atom is -0.388 e. The van der Waals surface area contributed by atoms with Gasteiger partial charge in [0.05, 0.1) is 16.5 Å². The molecule has 0 N–H and O–H groups in total. The summed E-state index contributed by atoms with van der Waals surface area (Å²) in [6.45, 7) is 0. The van der Waals surface area contributed by atoms with Gasteiger partial charge in [-0.25, -0.2) is 4.79 Å². The zero-order valence-corrected chi connectivity index (χ0v) is 28.6. The lowest BCUT2D eigenvalue weighted by molar-refractivity contribution is 0.364. The van der Waals surface area contributed by atoms with Crippen molar-refractivity contribution in [3.05, 3.63) is 177 Å². The van der Waals surface area contributed by atoms with Crippen LogP contribution in [0.2, 0.25) is 0 Å². The van der Waals surface area contributed by atoms with Crippen LogP contribution in [0.4, 0.5) is 0 Å². The first-order chi connectivity index (χ1) is 23.8. The smallest absolute Gasteiger partial charge is 0.346 e. The van der Waals surface area contributed by atoms with Crippen LogP contribution in [0.3, 0.4) is 0 Å². The Balaban J connectivity index is 1.49. The first-order valence-corrected chi connectivity index (χ1v) is 17.9. The molecule has 0 spiro atoms. The number of aryl methyl sites for hydroxylation is 1. The molecular weight excluding hydrogens is 698 g/mol. The van der Waals surface area contributed by atoms with Gasteiger partial charge in [0.2, 0.25) is 0 Å². The molecule has 0 amide bonds. The minimum absolute atomic E-state index is 0.0281. The molecule has 0 radical (unpaired) electrons. The van der Waals surface area contributed by atoms with Crippen molar-refractivity contribution in [3.63, 3.8) is 0 Å². The number of hydrogen-bond donors (Lipinski definition) is 0. The molecule has 0 bridgehead atoms. The summed E-state index contributed by atoms with van der Waals surface area (Å²) in [7, 11) is -2.50. The first kappa shape index (κ1) is 30.9. The van der Waals surface area contributed by atoms with E-state index in [1.165, 1.54) is 6.07 Å². The van der Waals surface area contributed by atoms with Crippen molar-refractivity contribution in [1.29, 1.82) is 0 Å². The van der Waals surface area contributed by atoms with Gasteiger partial charge in [-0.3, -0.25) is 0 Å². The van der Waals surface area contributed by atoms with E-state index in [2.05, 4.69) is 44.8 Å². The molecule has 0 aliphatic carbocycles. The number of benzene rings is 6. The third-order valence-electron chi connectivity index (χ3n) is 9.01. The maximum atomic E-state index is 14.2. The standard InChI is InChI=1S/C41H28BrNO5S/c1-43-38-32(23-13-24-33(38)42)36(39(43)35(27-15-4-2-5-16-27)28-17-6-3-7-18-28)37-30-21-10-11-22-31(30)40(44)47-41(37)48-49(45,46)34-25-12-19-26-14-8-9-20-29(26)34/h2-25,35H,1H3. The van der Waals surface area contributed by atoms with Gasteiger partial charge >= 0.3 is 21.7 Å². The van der Waals surface area contributed by atoms with Gasteiger partial charge in [-0.2, -0.15) is 8.42 Å². The highest BCUT2D eigenvalue weighted by atomic mass is 79.9. The normalized spacial score (nSPS) is 11.9. The molecule has 8 aromatic rings. The summed E-state index contributed by atoms with van der Waals surface area (Å²) in [6.07, 6.45) is 0. The van der Waals surface area contributed by atoms with Gasteiger partial charge in [-0.1, -0.05) is 127 Å². The van der Waals surface area contributed by atoms with Crippen molar-refractivity contribution in [1.82, 2.24) is 4.57 Å². The number of rotatable bonds is 7. The van der Waals surface area contributed by atoms with Crippen molar-refractivity contribution < 1.29 is 17.0 Å². The van der Waals surface area contributed by atoms with Crippen molar-refractivity contribution >= 4 is 58.5 Å². The molecule has 0 saturated carbocycles. The highest BCUT2D eigenvalue weighted by Gasteiger charge is 2.33. The van der Waals surface area contributed by atoms with Crippen LogP contribution in [-0.2, 0) is 17.2 Å². The van der Waals surface area contributed by atoms with E-state index in [-0.39, 0.29) is 10.8 Å². The van der Waals surface area contributed by atoms with E-state index in [4.69, 9.17) is 8.60 Å². The maximum absolute atomic E-state index is 14.2. The van der Waals surface area contributed by atoms with Crippen LogP contribution in [0.15, 0.2) is 164 Å². The number of para-hydroxylation sites is 1. The monoisotopic (exact) mass is 725 g/mol. The second-order valence-corrected chi connectivity index (χ2v) is 14.2.